The van der Waals surface area contributed by atoms with Crippen molar-refractivity contribution in [3.63, 3.8) is 0 Å². The molecule has 1 aliphatic heterocycles. The number of nitrogens with zero attached hydrogens (tertiary/aromatic N) is 3. The minimum atomic E-state index is -4.48. The number of rotatable bonds is 16. The van der Waals surface area contributed by atoms with Crippen molar-refractivity contribution in [2.45, 2.75) is 53.6 Å². The van der Waals surface area contributed by atoms with Gasteiger partial charge in [0.1, 0.15) is 18.2 Å². The van der Waals surface area contributed by atoms with Gasteiger partial charge in [0.15, 0.2) is 0 Å². The number of thioether (sulfide) groups is 1. The largest absolute Gasteiger partial charge is 0.405 e. The maximum Gasteiger partial charge on any atom is 0.405 e. The van der Waals surface area contributed by atoms with Gasteiger partial charge < -0.3 is 36.2 Å². The van der Waals surface area contributed by atoms with Crippen LogP contribution in [0, 0.1) is 22.7 Å². The lowest BCUT2D eigenvalue weighted by Gasteiger charge is -2.21. The van der Waals surface area contributed by atoms with E-state index in [1.54, 1.807) is 29.4 Å². The van der Waals surface area contributed by atoms with Crippen molar-refractivity contribution in [1.29, 1.82) is 5.26 Å². The Morgan fingerprint density at radius 2 is 1.82 bits per heavy atom. The molecule has 11 nitrogen and oxygen atoms in total. The van der Waals surface area contributed by atoms with Gasteiger partial charge in [-0.25, -0.2) is 0 Å². The third-order valence-electron chi connectivity index (χ3n) is 7.58. The van der Waals surface area contributed by atoms with Crippen LogP contribution in [-0.4, -0.2) is 111 Å². The highest BCUT2D eigenvalue weighted by Crippen LogP contribution is 2.25. The van der Waals surface area contributed by atoms with E-state index in [2.05, 4.69) is 27.8 Å². The average Bonchev–Trinajstić information content (AvgIpc) is 3.58. The Hall–Kier alpha value is -3.58. The van der Waals surface area contributed by atoms with Gasteiger partial charge in [0.2, 0.25) is 5.91 Å². The number of likely N-dealkylation sites (tertiary alicyclic amines) is 1. The number of aliphatic hydroxyl groups excluding tert-OH is 1. The van der Waals surface area contributed by atoms with Gasteiger partial charge in [0.05, 0.1) is 17.9 Å². The summed E-state index contributed by atoms with van der Waals surface area (Å²) in [5.41, 5.74) is 0.891. The molecule has 3 amide bonds. The first-order chi connectivity index (χ1) is 23.4. The minimum Gasteiger partial charge on any atom is -0.391 e. The molecule has 1 aromatic rings. The number of anilines is 2. The van der Waals surface area contributed by atoms with Crippen LogP contribution in [0.4, 0.5) is 24.5 Å². The van der Waals surface area contributed by atoms with Gasteiger partial charge >= 0.3 is 6.18 Å². The first-order valence-corrected chi connectivity index (χ1v) is 17.9. The van der Waals surface area contributed by atoms with E-state index in [0.717, 1.165) is 30.2 Å². The molecule has 0 radical (unpaired) electrons. The van der Waals surface area contributed by atoms with Gasteiger partial charge in [0, 0.05) is 42.2 Å². The minimum absolute atomic E-state index is 0.0378. The smallest absolute Gasteiger partial charge is 0.391 e. The van der Waals surface area contributed by atoms with Crippen molar-refractivity contribution in [2.24, 2.45) is 11.3 Å². The van der Waals surface area contributed by atoms with Crippen LogP contribution in [0.15, 0.2) is 40.8 Å². The Kier molecular flexibility index (Phi) is 19.8. The molecule has 1 atom stereocenters. The number of amides is 3. The van der Waals surface area contributed by atoms with Crippen molar-refractivity contribution in [1.82, 2.24) is 20.4 Å². The Morgan fingerprint density at radius 3 is 2.36 bits per heavy atom. The van der Waals surface area contributed by atoms with Gasteiger partial charge in [-0.05, 0) is 76.0 Å². The highest BCUT2D eigenvalue weighted by atomic mass is 32.2. The molecule has 1 heterocycles. The summed E-state index contributed by atoms with van der Waals surface area (Å²) >= 11 is 1.54. The third-order valence-corrected chi connectivity index (χ3v) is 8.37. The van der Waals surface area contributed by atoms with Crippen LogP contribution >= 0.6 is 11.8 Å². The van der Waals surface area contributed by atoms with E-state index in [1.165, 1.54) is 30.7 Å². The molecular weight excluding hydrogens is 671 g/mol. The molecule has 1 fully saturated rings. The first-order valence-electron chi connectivity index (χ1n) is 16.6. The van der Waals surface area contributed by atoms with Crippen molar-refractivity contribution in [3.05, 3.63) is 46.4 Å². The van der Waals surface area contributed by atoms with Crippen LogP contribution in [0.5, 0.6) is 0 Å². The fourth-order valence-electron chi connectivity index (χ4n) is 4.38. The van der Waals surface area contributed by atoms with E-state index in [4.69, 9.17) is 5.26 Å². The van der Waals surface area contributed by atoms with E-state index < -0.39 is 24.0 Å². The van der Waals surface area contributed by atoms with Gasteiger partial charge in [0.25, 0.3) is 11.8 Å². The summed E-state index contributed by atoms with van der Waals surface area (Å²) in [5.74, 6) is -1.13. The van der Waals surface area contributed by atoms with E-state index in [9.17, 15) is 32.7 Å². The Labute approximate surface area is 299 Å². The molecule has 5 N–H and O–H groups in total. The highest BCUT2D eigenvalue weighted by Gasteiger charge is 2.28. The molecule has 1 aliphatic rings. The number of hydrogen-bond donors (Lipinski definition) is 5. The second-order valence-corrected chi connectivity index (χ2v) is 13.9. The Balaban J connectivity index is 0.000000621. The summed E-state index contributed by atoms with van der Waals surface area (Å²) in [7, 11) is 1.76. The zero-order valence-electron chi connectivity index (χ0n) is 30.3. The number of benzene rings is 1. The second-order valence-electron chi connectivity index (χ2n) is 13.0. The van der Waals surface area contributed by atoms with Gasteiger partial charge in [-0.15, -0.1) is 11.8 Å². The predicted octanol–water partition coefficient (Wildman–Crippen LogP) is 4.85. The summed E-state index contributed by atoms with van der Waals surface area (Å²) in [4.78, 5) is 41.8. The Bertz CT molecular complexity index is 1340. The van der Waals surface area contributed by atoms with Crippen molar-refractivity contribution < 1.29 is 32.7 Å². The number of hydrogen-bond acceptors (Lipinski definition) is 9. The summed E-state index contributed by atoms with van der Waals surface area (Å²) in [6.45, 7) is 13.4. The molecule has 0 bridgehead atoms. The molecule has 2 rings (SSSR count). The summed E-state index contributed by atoms with van der Waals surface area (Å²) in [6, 6.07) is 7.01. The van der Waals surface area contributed by atoms with Crippen LogP contribution in [0.25, 0.3) is 0 Å². The van der Waals surface area contributed by atoms with E-state index >= 15 is 0 Å². The Morgan fingerprint density at radius 1 is 1.16 bits per heavy atom. The van der Waals surface area contributed by atoms with Crippen LogP contribution in [0.2, 0.25) is 0 Å². The molecule has 50 heavy (non-hydrogen) atoms. The van der Waals surface area contributed by atoms with Crippen molar-refractivity contribution in [2.75, 3.05) is 82.9 Å². The molecule has 0 aliphatic carbocycles. The molecule has 0 spiro atoms. The lowest BCUT2D eigenvalue weighted by atomic mass is 9.95. The lowest BCUT2D eigenvalue weighted by molar-refractivity contribution is -0.136. The molecule has 15 heteroatoms. The van der Waals surface area contributed by atoms with Gasteiger partial charge in [-0.1, -0.05) is 40.7 Å². The number of nitrogens with one attached hydrogen (secondary N) is 4. The maximum absolute atomic E-state index is 12.9. The molecule has 280 valence electrons. The molecule has 1 aromatic carbocycles. The monoisotopic (exact) mass is 725 g/mol. The van der Waals surface area contributed by atoms with Crippen molar-refractivity contribution in [3.8, 4) is 6.07 Å². The zero-order chi connectivity index (χ0) is 37.9. The molecular formula is C35H54F3N7O4S. The van der Waals surface area contributed by atoms with E-state index in [-0.39, 0.29) is 29.9 Å². The predicted molar refractivity (Wildman–Crippen MR) is 195 cm³/mol. The molecule has 1 saturated heterocycles. The van der Waals surface area contributed by atoms with Gasteiger partial charge in [-0.3, -0.25) is 14.4 Å². The third kappa shape index (κ3) is 17.9. The topological polar surface area (TPSA) is 150 Å². The summed E-state index contributed by atoms with van der Waals surface area (Å²) in [6.07, 6.45) is 3.26. The average molecular weight is 726 g/mol. The standard InChI is InChI=1S/C25H40N4O3S.C10H14F3N3O/c1-18(14-20(17-30)33-5)16-27-19-8-9-21(22(15-19)28-24(32)25(2,3)4)23(31)26-10-13-29-11-6-7-12-29;1-3-16(2)5-4-8(6-14)9(17)15-7-10(11,12)13/h8-9,14-15,18,27,30H,6-7,10-13,16-17H2,1-5H3,(H,26,31)(H,28,32);4H,3,5,7H2,1-2H3,(H,15,17). The van der Waals surface area contributed by atoms with E-state index in [0.29, 0.717) is 37.4 Å². The SMILES string of the molecule is CCN(C)CC=C(C#N)C(=O)NCC(F)(F)F.CSC(=CC(C)CNc1ccc(C(=O)NCCN2CCCC2)c(NC(=O)C(C)(C)C)c1)CO. The first kappa shape index (κ1) is 44.4. The number of aliphatic hydroxyl groups is 1. The molecule has 0 saturated carbocycles. The maximum atomic E-state index is 12.9. The highest BCUT2D eigenvalue weighted by molar-refractivity contribution is 8.02. The number of likely N-dealkylation sites (N-methyl/N-ethyl adjacent to an activating group) is 1. The van der Waals surface area contributed by atoms with Crippen LogP contribution in [0.3, 0.4) is 0 Å². The summed E-state index contributed by atoms with van der Waals surface area (Å²) < 4.78 is 35.5. The van der Waals surface area contributed by atoms with Crippen LogP contribution in [0.1, 0.15) is 57.8 Å². The van der Waals surface area contributed by atoms with Crippen LogP contribution < -0.4 is 21.3 Å². The number of halogens is 3. The summed E-state index contributed by atoms with van der Waals surface area (Å²) in [5, 5.41) is 28.9. The fourth-order valence-corrected chi connectivity index (χ4v) is 4.87. The number of carbonyl (C=O) groups is 3. The lowest BCUT2D eigenvalue weighted by Crippen LogP contribution is -2.34. The number of nitriles is 1. The van der Waals surface area contributed by atoms with E-state index in [1.807, 2.05) is 52.2 Å². The number of alkyl halides is 3. The van der Waals surface area contributed by atoms with Gasteiger partial charge in [-0.2, -0.15) is 18.4 Å². The fraction of sp³-hybridized carbons (Fsp3) is 0.600. The quantitative estimate of drug-likeness (QED) is 0.119. The number of carbonyl (C=O) groups excluding carboxylic acids is 3. The second kappa shape index (κ2) is 22.3. The zero-order valence-corrected chi connectivity index (χ0v) is 31.1. The normalized spacial score (nSPS) is 14.7. The molecule has 0 aromatic heterocycles. The van der Waals surface area contributed by atoms with Crippen LogP contribution in [-0.2, 0) is 9.59 Å². The van der Waals surface area contributed by atoms with Crippen molar-refractivity contribution >= 4 is 40.9 Å². The molecule has 1 unspecified atom stereocenters.